The van der Waals surface area contributed by atoms with Crippen molar-refractivity contribution >= 4 is 63.1 Å². The second-order valence-electron chi connectivity index (χ2n) is 7.02. The quantitative estimate of drug-likeness (QED) is 0.371. The van der Waals surface area contributed by atoms with Crippen molar-refractivity contribution in [3.8, 4) is 0 Å². The zero-order valence-corrected chi connectivity index (χ0v) is 18.3. The lowest BCUT2D eigenvalue weighted by molar-refractivity contribution is 0.0953. The summed E-state index contributed by atoms with van der Waals surface area (Å²) in [4.78, 5) is 23.5. The summed E-state index contributed by atoms with van der Waals surface area (Å²) in [6, 6.07) is 18.6. The smallest absolute Gasteiger partial charge is 0.257 e. The highest BCUT2D eigenvalue weighted by atomic mass is 35.5. The summed E-state index contributed by atoms with van der Waals surface area (Å²) >= 11 is 7.64. The molecule has 9 heteroatoms. The van der Waals surface area contributed by atoms with Crippen LogP contribution in [-0.4, -0.2) is 26.8 Å². The Morgan fingerprint density at radius 3 is 2.69 bits per heavy atom. The van der Waals surface area contributed by atoms with Crippen LogP contribution in [0.15, 0.2) is 71.1 Å². The molecule has 0 radical (unpaired) electrons. The summed E-state index contributed by atoms with van der Waals surface area (Å²) in [5, 5.41) is 9.97. The summed E-state index contributed by atoms with van der Waals surface area (Å²) < 4.78 is 1.44. The van der Waals surface area contributed by atoms with Gasteiger partial charge < -0.3 is 11.1 Å². The molecule has 3 heterocycles. The van der Waals surface area contributed by atoms with E-state index in [1.54, 1.807) is 29.7 Å². The number of benzene rings is 2. The zero-order valence-electron chi connectivity index (χ0n) is 16.7. The van der Waals surface area contributed by atoms with Crippen LogP contribution in [0.3, 0.4) is 0 Å². The van der Waals surface area contributed by atoms with Crippen molar-refractivity contribution < 1.29 is 4.79 Å². The fourth-order valence-corrected chi connectivity index (χ4v) is 4.21. The number of nitrogens with one attached hydrogen (secondary N) is 1. The molecule has 1 amide bonds. The fraction of sp³-hybridized carbons (Fsp3) is 0.0435. The number of nitrogen functional groups attached to an aromatic ring is 1. The van der Waals surface area contributed by atoms with Gasteiger partial charge in [0.05, 0.1) is 23.8 Å². The first-order valence-corrected chi connectivity index (χ1v) is 11.0. The normalized spacial score (nSPS) is 11.5. The number of nitrogens with zero attached hydrogens (tertiary/aromatic N) is 4. The number of fused-ring (bicyclic) bond motifs is 2. The van der Waals surface area contributed by atoms with Crippen LogP contribution in [0, 0.1) is 0 Å². The van der Waals surface area contributed by atoms with Crippen LogP contribution in [0.25, 0.3) is 22.2 Å². The van der Waals surface area contributed by atoms with E-state index in [2.05, 4.69) is 20.4 Å². The van der Waals surface area contributed by atoms with Crippen molar-refractivity contribution in [2.45, 2.75) is 6.54 Å². The largest absolute Gasteiger partial charge is 0.383 e. The molecular weight excluding hydrogens is 444 g/mol. The van der Waals surface area contributed by atoms with Crippen molar-refractivity contribution in [2.75, 3.05) is 5.73 Å². The Hall–Kier alpha value is -3.75. The molecule has 5 aromatic rings. The second kappa shape index (κ2) is 8.41. The number of aromatic nitrogens is 3. The highest BCUT2D eigenvalue weighted by molar-refractivity contribution is 7.09. The van der Waals surface area contributed by atoms with Gasteiger partial charge in [0, 0.05) is 9.90 Å². The molecule has 0 saturated carbocycles. The minimum absolute atomic E-state index is 0.164. The number of hydrogen-bond donors (Lipinski definition) is 2. The fourth-order valence-electron chi connectivity index (χ4n) is 3.37. The van der Waals surface area contributed by atoms with Crippen LogP contribution in [0.1, 0.15) is 20.8 Å². The van der Waals surface area contributed by atoms with Crippen LogP contribution < -0.4 is 11.1 Å². The molecule has 0 atom stereocenters. The SMILES string of the molecule is Nc1c(C(=O)NCc2cccs2)c2nc3ccccc3nc2n1/N=C\c1cccc(Cl)c1. The Labute approximate surface area is 192 Å². The third-order valence-corrected chi connectivity index (χ3v) is 5.99. The van der Waals surface area contributed by atoms with Gasteiger partial charge in [0.1, 0.15) is 16.9 Å². The van der Waals surface area contributed by atoms with Crippen molar-refractivity contribution in [3.63, 3.8) is 0 Å². The molecule has 0 unspecified atom stereocenters. The monoisotopic (exact) mass is 460 g/mol. The molecule has 0 aliphatic heterocycles. The molecule has 0 bridgehead atoms. The molecule has 2 aromatic carbocycles. The molecule has 0 aliphatic carbocycles. The van der Waals surface area contributed by atoms with Gasteiger partial charge in [0.25, 0.3) is 5.91 Å². The van der Waals surface area contributed by atoms with Crippen molar-refractivity contribution in [3.05, 3.63) is 87.1 Å². The van der Waals surface area contributed by atoms with Crippen LogP contribution in [0.4, 0.5) is 5.82 Å². The van der Waals surface area contributed by atoms with E-state index < -0.39 is 0 Å². The van der Waals surface area contributed by atoms with Crippen LogP contribution in [0.5, 0.6) is 0 Å². The molecule has 5 rings (SSSR count). The van der Waals surface area contributed by atoms with Gasteiger partial charge in [-0.2, -0.15) is 9.78 Å². The Morgan fingerprint density at radius 1 is 1.12 bits per heavy atom. The van der Waals surface area contributed by atoms with Crippen molar-refractivity contribution in [1.29, 1.82) is 0 Å². The lowest BCUT2D eigenvalue weighted by Crippen LogP contribution is -2.23. The number of anilines is 1. The summed E-state index contributed by atoms with van der Waals surface area (Å²) in [6.07, 6.45) is 1.62. The number of para-hydroxylation sites is 2. The molecule has 0 spiro atoms. The van der Waals surface area contributed by atoms with Gasteiger partial charge in [-0.25, -0.2) is 9.97 Å². The lowest BCUT2D eigenvalue weighted by atomic mass is 10.2. The maximum absolute atomic E-state index is 13.1. The molecule has 3 N–H and O–H groups in total. The van der Waals surface area contributed by atoms with Crippen molar-refractivity contribution in [1.82, 2.24) is 20.0 Å². The van der Waals surface area contributed by atoms with E-state index in [0.717, 1.165) is 10.4 Å². The number of halogens is 1. The van der Waals surface area contributed by atoms with E-state index in [0.29, 0.717) is 33.8 Å². The van der Waals surface area contributed by atoms with Crippen LogP contribution in [0.2, 0.25) is 5.02 Å². The second-order valence-corrected chi connectivity index (χ2v) is 8.49. The van der Waals surface area contributed by atoms with E-state index in [4.69, 9.17) is 17.3 Å². The summed E-state index contributed by atoms with van der Waals surface area (Å²) in [6.45, 7) is 0.398. The third-order valence-electron chi connectivity index (χ3n) is 4.88. The minimum atomic E-state index is -0.331. The summed E-state index contributed by atoms with van der Waals surface area (Å²) in [5.74, 6) is -0.167. The number of hydrogen-bond acceptors (Lipinski definition) is 6. The van der Waals surface area contributed by atoms with E-state index >= 15 is 0 Å². The van der Waals surface area contributed by atoms with Gasteiger partial charge in [-0.05, 0) is 41.3 Å². The van der Waals surface area contributed by atoms with Crippen molar-refractivity contribution in [2.24, 2.45) is 5.10 Å². The highest BCUT2D eigenvalue weighted by Crippen LogP contribution is 2.28. The van der Waals surface area contributed by atoms with Gasteiger partial charge in [0.15, 0.2) is 5.65 Å². The standard InChI is InChI=1S/C23H17ClN6OS/c24-15-6-3-5-14(11-15)12-27-30-21(25)19(23(31)26-13-16-7-4-10-32-16)20-22(30)29-18-9-2-1-8-17(18)28-20/h1-12H,13,25H2,(H,26,31)/b27-12-. The van der Waals surface area contributed by atoms with E-state index in [1.807, 2.05) is 53.9 Å². The molecule has 158 valence electrons. The van der Waals surface area contributed by atoms with Crippen LogP contribution in [-0.2, 0) is 6.54 Å². The molecule has 0 saturated heterocycles. The van der Waals surface area contributed by atoms with Gasteiger partial charge >= 0.3 is 0 Å². The van der Waals surface area contributed by atoms with E-state index in [1.165, 1.54) is 4.68 Å². The minimum Gasteiger partial charge on any atom is -0.383 e. The third kappa shape index (κ3) is 3.81. The summed E-state index contributed by atoms with van der Waals surface area (Å²) in [5.41, 5.74) is 9.60. The van der Waals surface area contributed by atoms with Gasteiger partial charge in [-0.1, -0.05) is 41.9 Å². The number of nitrogens with two attached hydrogens (primary N) is 1. The number of amides is 1. The number of carbonyl (C=O) groups is 1. The van der Waals surface area contributed by atoms with E-state index in [-0.39, 0.29) is 17.3 Å². The van der Waals surface area contributed by atoms with E-state index in [9.17, 15) is 4.79 Å². The molecule has 0 fully saturated rings. The lowest BCUT2D eigenvalue weighted by Gasteiger charge is -2.04. The highest BCUT2D eigenvalue weighted by Gasteiger charge is 2.24. The Kier molecular flexibility index (Phi) is 5.30. The predicted molar refractivity (Wildman–Crippen MR) is 129 cm³/mol. The average molecular weight is 461 g/mol. The number of carbonyl (C=O) groups excluding carboxylic acids is 1. The zero-order chi connectivity index (χ0) is 22.1. The topological polar surface area (TPSA) is 98.2 Å². The van der Waals surface area contributed by atoms with Gasteiger partial charge in [-0.3, -0.25) is 4.79 Å². The van der Waals surface area contributed by atoms with Gasteiger partial charge in [-0.15, -0.1) is 11.3 Å². The average Bonchev–Trinajstić information content (AvgIpc) is 3.40. The van der Waals surface area contributed by atoms with Gasteiger partial charge in [0.2, 0.25) is 0 Å². The maximum Gasteiger partial charge on any atom is 0.257 e. The Morgan fingerprint density at radius 2 is 1.94 bits per heavy atom. The Balaban J connectivity index is 1.62. The molecule has 0 aliphatic rings. The molecule has 32 heavy (non-hydrogen) atoms. The number of rotatable bonds is 5. The first-order valence-electron chi connectivity index (χ1n) is 9.77. The van der Waals surface area contributed by atoms with Crippen LogP contribution >= 0.6 is 22.9 Å². The number of thiophene rings is 1. The Bertz CT molecular complexity index is 1480. The summed E-state index contributed by atoms with van der Waals surface area (Å²) in [7, 11) is 0. The maximum atomic E-state index is 13.1. The first-order chi connectivity index (χ1) is 15.6. The molecule has 7 nitrogen and oxygen atoms in total. The molecule has 3 aromatic heterocycles. The first kappa shape index (κ1) is 20.2. The predicted octanol–water partition coefficient (Wildman–Crippen LogP) is 4.69. The molecular formula is C23H17ClN6OS.